The maximum absolute atomic E-state index is 5.98. The van der Waals surface area contributed by atoms with E-state index in [1.165, 1.54) is 0 Å². The summed E-state index contributed by atoms with van der Waals surface area (Å²) >= 11 is 0. The van der Waals surface area contributed by atoms with E-state index in [4.69, 9.17) is 10.5 Å². The van der Waals surface area contributed by atoms with Gasteiger partial charge in [0.15, 0.2) is 5.96 Å². The topological polar surface area (TPSA) is 77.5 Å². The minimum Gasteiger partial charge on any atom is -0.497 e. The Morgan fingerprint density at radius 1 is 1.41 bits per heavy atom. The van der Waals surface area contributed by atoms with Gasteiger partial charge in [-0.1, -0.05) is 0 Å². The lowest BCUT2D eigenvalue weighted by Crippen LogP contribution is -2.29. The number of methoxy groups -OCH3 is 1. The molecule has 2 heterocycles. The summed E-state index contributed by atoms with van der Waals surface area (Å²) in [6.07, 6.45) is 5.65. The van der Waals surface area contributed by atoms with E-state index in [0.29, 0.717) is 5.96 Å². The van der Waals surface area contributed by atoms with Crippen molar-refractivity contribution in [2.24, 2.45) is 10.7 Å². The predicted octanol–water partition coefficient (Wildman–Crippen LogP) is 2.25. The summed E-state index contributed by atoms with van der Waals surface area (Å²) < 4.78 is 7.29. The van der Waals surface area contributed by atoms with Crippen LogP contribution in [0.2, 0.25) is 0 Å². The van der Waals surface area contributed by atoms with Gasteiger partial charge in [-0.05, 0) is 30.7 Å². The fourth-order valence-electron chi connectivity index (χ4n) is 2.50. The van der Waals surface area contributed by atoms with E-state index < -0.39 is 0 Å². The smallest absolute Gasteiger partial charge is 0.193 e. The second kappa shape index (κ2) is 7.48. The first kappa shape index (κ1) is 16.6. The highest BCUT2D eigenvalue weighted by molar-refractivity contribution is 14.0. The van der Waals surface area contributed by atoms with Crippen LogP contribution in [-0.4, -0.2) is 28.7 Å². The Kier molecular flexibility index (Phi) is 5.64. The van der Waals surface area contributed by atoms with Gasteiger partial charge in [-0.2, -0.15) is 0 Å². The van der Waals surface area contributed by atoms with Crippen molar-refractivity contribution in [3.8, 4) is 5.75 Å². The number of ether oxygens (including phenoxy) is 1. The number of rotatable bonds is 3. The number of hydrogen-bond acceptors (Lipinski definition) is 3. The van der Waals surface area contributed by atoms with Gasteiger partial charge in [0.2, 0.25) is 0 Å². The minimum absolute atomic E-state index is 0. The molecule has 0 radical (unpaired) electrons. The molecule has 0 bridgehead atoms. The average molecular weight is 413 g/mol. The molecule has 0 aliphatic carbocycles. The van der Waals surface area contributed by atoms with Crippen LogP contribution in [0.3, 0.4) is 0 Å². The number of guanidine groups is 1. The van der Waals surface area contributed by atoms with Crippen LogP contribution in [0.25, 0.3) is 0 Å². The number of imidazole rings is 1. The lowest BCUT2D eigenvalue weighted by atomic mass is 10.1. The number of fused-ring (bicyclic) bond motifs is 1. The van der Waals surface area contributed by atoms with Gasteiger partial charge in [-0.25, -0.2) is 9.98 Å². The molecule has 1 atom stereocenters. The number of benzene rings is 1. The van der Waals surface area contributed by atoms with Crippen molar-refractivity contribution < 1.29 is 4.74 Å². The molecule has 2 aromatic rings. The van der Waals surface area contributed by atoms with Crippen molar-refractivity contribution in [1.29, 1.82) is 0 Å². The quantitative estimate of drug-likeness (QED) is 0.460. The first-order valence-electron chi connectivity index (χ1n) is 6.99. The summed E-state index contributed by atoms with van der Waals surface area (Å²) in [5, 5.41) is 3.10. The number of nitrogens with one attached hydrogen (secondary N) is 1. The van der Waals surface area contributed by atoms with Gasteiger partial charge in [-0.15, -0.1) is 24.0 Å². The number of nitrogens with zero attached hydrogens (tertiary/aromatic N) is 3. The van der Waals surface area contributed by atoms with Gasteiger partial charge in [-0.3, -0.25) is 0 Å². The summed E-state index contributed by atoms with van der Waals surface area (Å²) in [6, 6.07) is 7.77. The maximum Gasteiger partial charge on any atom is 0.193 e. The van der Waals surface area contributed by atoms with Crippen molar-refractivity contribution in [3.63, 3.8) is 0 Å². The molecule has 7 heteroatoms. The first-order valence-corrected chi connectivity index (χ1v) is 6.99. The zero-order valence-electron chi connectivity index (χ0n) is 12.4. The van der Waals surface area contributed by atoms with E-state index in [2.05, 4.69) is 19.9 Å². The van der Waals surface area contributed by atoms with Crippen LogP contribution in [0.1, 0.15) is 12.2 Å². The van der Waals surface area contributed by atoms with E-state index >= 15 is 0 Å². The van der Waals surface area contributed by atoms with E-state index in [1.807, 2.05) is 36.7 Å². The molecule has 1 unspecified atom stereocenters. The van der Waals surface area contributed by atoms with Crippen LogP contribution in [-0.2, 0) is 13.0 Å². The molecule has 6 nitrogen and oxygen atoms in total. The molecule has 0 amide bonds. The van der Waals surface area contributed by atoms with Gasteiger partial charge >= 0.3 is 0 Å². The minimum atomic E-state index is 0. The standard InChI is InChI=1S/C15H19N5O.HI/c1-21-13-4-2-11(3-5-13)18-15(16)19-12-6-8-20-9-7-17-14(20)10-12;/h2-5,7,9,12H,6,8,10H2,1H3,(H3,16,18,19);1H. The second-order valence-electron chi connectivity index (χ2n) is 5.05. The van der Waals surface area contributed by atoms with Crippen molar-refractivity contribution in [3.05, 3.63) is 42.5 Å². The maximum atomic E-state index is 5.98. The van der Waals surface area contributed by atoms with Crippen LogP contribution in [0.5, 0.6) is 5.75 Å². The third kappa shape index (κ3) is 3.90. The molecule has 118 valence electrons. The third-order valence-electron chi connectivity index (χ3n) is 3.61. The van der Waals surface area contributed by atoms with Gasteiger partial charge in [0.05, 0.1) is 13.2 Å². The summed E-state index contributed by atoms with van der Waals surface area (Å²) in [5.74, 6) is 2.33. The van der Waals surface area contributed by atoms with E-state index in [9.17, 15) is 0 Å². The number of nitrogens with two attached hydrogens (primary N) is 1. The largest absolute Gasteiger partial charge is 0.497 e. The Morgan fingerprint density at radius 2 is 2.18 bits per heavy atom. The summed E-state index contributed by atoms with van der Waals surface area (Å²) in [5.41, 5.74) is 6.88. The van der Waals surface area contributed by atoms with E-state index in [-0.39, 0.29) is 30.0 Å². The zero-order valence-corrected chi connectivity index (χ0v) is 14.7. The zero-order chi connectivity index (χ0) is 14.7. The Bertz CT molecular complexity index is 638. The molecule has 1 aliphatic rings. The Morgan fingerprint density at radius 3 is 2.91 bits per heavy atom. The Balaban J connectivity index is 0.00000176. The van der Waals surface area contributed by atoms with Crippen LogP contribution < -0.4 is 15.8 Å². The van der Waals surface area contributed by atoms with Crippen molar-refractivity contribution in [2.45, 2.75) is 25.4 Å². The molecule has 1 aromatic heterocycles. The van der Waals surface area contributed by atoms with Crippen LogP contribution in [0.4, 0.5) is 5.69 Å². The van der Waals surface area contributed by atoms with Gasteiger partial charge < -0.3 is 20.4 Å². The second-order valence-corrected chi connectivity index (χ2v) is 5.05. The molecule has 1 aliphatic heterocycles. The molecule has 0 spiro atoms. The molecule has 22 heavy (non-hydrogen) atoms. The highest BCUT2D eigenvalue weighted by Gasteiger charge is 2.18. The van der Waals surface area contributed by atoms with Crippen LogP contribution in [0.15, 0.2) is 41.7 Å². The predicted molar refractivity (Wildman–Crippen MR) is 98.0 cm³/mol. The van der Waals surface area contributed by atoms with Crippen LogP contribution in [0, 0.1) is 0 Å². The van der Waals surface area contributed by atoms with Crippen molar-refractivity contribution in [2.75, 3.05) is 12.4 Å². The van der Waals surface area contributed by atoms with Gasteiger partial charge in [0.1, 0.15) is 11.6 Å². The molecule has 0 fully saturated rings. The van der Waals surface area contributed by atoms with E-state index in [1.54, 1.807) is 7.11 Å². The highest BCUT2D eigenvalue weighted by atomic mass is 127. The molecule has 0 saturated carbocycles. The fraction of sp³-hybridized carbons (Fsp3) is 0.333. The van der Waals surface area contributed by atoms with Crippen LogP contribution >= 0.6 is 24.0 Å². The summed E-state index contributed by atoms with van der Waals surface area (Å²) in [6.45, 7) is 0.944. The van der Waals surface area contributed by atoms with Gasteiger partial charge in [0, 0.05) is 31.0 Å². The number of aryl methyl sites for hydroxylation is 1. The fourth-order valence-corrected chi connectivity index (χ4v) is 2.50. The number of halogens is 1. The average Bonchev–Trinajstić information content (AvgIpc) is 2.95. The number of anilines is 1. The number of hydrogen-bond donors (Lipinski definition) is 2. The normalized spacial score (nSPS) is 17.3. The summed E-state index contributed by atoms with van der Waals surface area (Å²) in [4.78, 5) is 8.89. The molecule has 3 rings (SSSR count). The number of aromatic nitrogens is 2. The molecule has 1 aromatic carbocycles. The SMILES string of the molecule is COc1ccc(NC(N)=NC2CCn3ccnc3C2)cc1.I. The molecular formula is C15H20IN5O. The van der Waals surface area contributed by atoms with Gasteiger partial charge in [0.25, 0.3) is 0 Å². The van der Waals surface area contributed by atoms with Crippen molar-refractivity contribution in [1.82, 2.24) is 9.55 Å². The Labute approximate surface area is 146 Å². The molecule has 3 N–H and O–H groups in total. The highest BCUT2D eigenvalue weighted by Crippen LogP contribution is 2.17. The molecular weight excluding hydrogens is 393 g/mol. The third-order valence-corrected chi connectivity index (χ3v) is 3.61. The Hall–Kier alpha value is -1.77. The first-order chi connectivity index (χ1) is 10.2. The monoisotopic (exact) mass is 413 g/mol. The van der Waals surface area contributed by atoms with E-state index in [0.717, 1.165) is 36.6 Å². The lowest BCUT2D eigenvalue weighted by Gasteiger charge is -2.20. The molecule has 0 saturated heterocycles. The summed E-state index contributed by atoms with van der Waals surface area (Å²) in [7, 11) is 1.64. The number of aliphatic imine (C=N–C) groups is 1. The van der Waals surface area contributed by atoms with Crippen molar-refractivity contribution >= 4 is 35.6 Å². The lowest BCUT2D eigenvalue weighted by molar-refractivity contribution is 0.415.